The third kappa shape index (κ3) is 11.4. The van der Waals surface area contributed by atoms with Gasteiger partial charge >= 0.3 is 5.97 Å². The van der Waals surface area contributed by atoms with E-state index in [1.54, 1.807) is 20.8 Å². The Balaban J connectivity index is 1.60. The van der Waals surface area contributed by atoms with E-state index in [9.17, 15) is 14.1 Å². The highest BCUT2D eigenvalue weighted by atomic mass is 32.2. The molecule has 0 spiro atoms. The fourth-order valence-corrected chi connectivity index (χ4v) is 7.17. The second-order valence-corrected chi connectivity index (χ2v) is 16.5. The van der Waals surface area contributed by atoms with Crippen LogP contribution in [0.15, 0.2) is 121 Å². The summed E-state index contributed by atoms with van der Waals surface area (Å²) in [7, 11) is -0.575. The maximum absolute atomic E-state index is 13.8. The van der Waals surface area contributed by atoms with Gasteiger partial charge in [-0.05, 0) is 49.9 Å². The van der Waals surface area contributed by atoms with Gasteiger partial charge in [0, 0.05) is 0 Å². The molecule has 0 saturated carbocycles. The van der Waals surface area contributed by atoms with Gasteiger partial charge in [-0.3, -0.25) is 0 Å². The summed E-state index contributed by atoms with van der Waals surface area (Å²) in [5.41, 5.74) is 1.50. The van der Waals surface area contributed by atoms with Crippen molar-refractivity contribution in [1.29, 1.82) is 0 Å². The molecule has 4 aromatic rings. The van der Waals surface area contributed by atoms with Crippen molar-refractivity contribution in [2.45, 2.75) is 101 Å². The van der Waals surface area contributed by atoms with Crippen LogP contribution in [0.25, 0.3) is 0 Å². The van der Waals surface area contributed by atoms with Gasteiger partial charge in [0.1, 0.15) is 30.5 Å². The second kappa shape index (κ2) is 19.7. The number of carbonyl (C=O) groups is 1. The number of benzene rings is 4. The molecule has 1 aliphatic rings. The Bertz CT molecular complexity index is 1720. The lowest BCUT2D eigenvalue weighted by Gasteiger charge is -2.50. The molecule has 2 N–H and O–H groups in total. The van der Waals surface area contributed by atoms with Crippen molar-refractivity contribution >= 4 is 17.0 Å². The van der Waals surface area contributed by atoms with Gasteiger partial charge in [-0.2, -0.15) is 0 Å². The normalized spacial score (nSPS) is 22.5. The molecule has 0 aromatic heterocycles. The minimum Gasteiger partial charge on any atom is -0.467 e. The number of hydrogen-bond donors (Lipinski definition) is 2. The number of esters is 1. The quantitative estimate of drug-likeness (QED) is 0.117. The molecule has 0 aliphatic carbocycles. The van der Waals surface area contributed by atoms with Crippen molar-refractivity contribution in [2.75, 3.05) is 13.7 Å². The predicted octanol–water partition coefficient (Wildman–Crippen LogP) is 6.07. The van der Waals surface area contributed by atoms with E-state index in [4.69, 9.17) is 28.4 Å². The van der Waals surface area contributed by atoms with Gasteiger partial charge in [0.05, 0.1) is 61.9 Å². The fourth-order valence-electron chi connectivity index (χ4n) is 6.22. The molecule has 4 aromatic carbocycles. The smallest absolute Gasteiger partial charge is 0.339 e. The SMILES string of the molecule is COC(=O)[C@](C)(O)[C@H](NS(=O)C(C)(C)C)[C@@H]1O[C@H](COCc2ccccc2)[C@@H](OCc2ccccc2)[C@H](OCc2ccccc2)[C@H]1OCc1ccccc1. The monoisotopic (exact) mass is 759 g/mol. The van der Waals surface area contributed by atoms with E-state index in [2.05, 4.69) is 4.72 Å². The molecule has 8 atom stereocenters. The molecule has 0 radical (unpaired) electrons. The Morgan fingerprint density at radius 2 is 1.09 bits per heavy atom. The standard InChI is InChI=1S/C43H53NO9S/c1-42(2,3)54(47)44-40(43(4,46)41(45)48-5)39-38(52-29-34-24-16-9-17-25-34)37(51-28-33-22-14-8-15-23-33)36(50-27-32-20-12-7-13-21-32)35(53-39)30-49-26-31-18-10-6-11-19-31/h6-25,35-40,44,46H,26-30H2,1-5H3/t35-,36-,37+,38-,39-,40-,43-,54?/m1/s1. The van der Waals surface area contributed by atoms with Gasteiger partial charge in [0.2, 0.25) is 0 Å². The molecule has 0 amide bonds. The topological polar surface area (TPSA) is 122 Å². The van der Waals surface area contributed by atoms with E-state index in [1.165, 1.54) is 14.0 Å². The van der Waals surface area contributed by atoms with E-state index >= 15 is 0 Å². The van der Waals surface area contributed by atoms with E-state index < -0.39 is 63.9 Å². The van der Waals surface area contributed by atoms with Crippen LogP contribution in [0, 0.1) is 0 Å². The first-order valence-corrected chi connectivity index (χ1v) is 19.3. The van der Waals surface area contributed by atoms with Gasteiger partial charge in [-0.25, -0.2) is 13.7 Å². The summed E-state index contributed by atoms with van der Waals surface area (Å²) < 4.78 is 54.8. The Morgan fingerprint density at radius 3 is 1.52 bits per heavy atom. The van der Waals surface area contributed by atoms with E-state index in [-0.39, 0.29) is 26.4 Å². The van der Waals surface area contributed by atoms with Gasteiger partial charge in [-0.1, -0.05) is 121 Å². The van der Waals surface area contributed by atoms with E-state index in [0.717, 1.165) is 22.3 Å². The van der Waals surface area contributed by atoms with Crippen LogP contribution < -0.4 is 4.72 Å². The van der Waals surface area contributed by atoms with Crippen molar-refractivity contribution in [3.8, 4) is 0 Å². The van der Waals surface area contributed by atoms with Gasteiger partial charge in [0.15, 0.2) is 5.60 Å². The molecular formula is C43H53NO9S. The molecule has 11 heteroatoms. The van der Waals surface area contributed by atoms with Crippen LogP contribution in [0.1, 0.15) is 49.9 Å². The molecule has 54 heavy (non-hydrogen) atoms. The molecule has 5 rings (SSSR count). The number of rotatable bonds is 18. The minimum atomic E-state index is -2.23. The first-order chi connectivity index (χ1) is 26.0. The average molecular weight is 760 g/mol. The lowest BCUT2D eigenvalue weighted by Crippen LogP contribution is -2.71. The molecule has 1 heterocycles. The summed E-state index contributed by atoms with van der Waals surface area (Å²) in [6.45, 7) is 7.67. The van der Waals surface area contributed by atoms with Crippen molar-refractivity contribution in [3.05, 3.63) is 144 Å². The minimum absolute atomic E-state index is 0.0664. The van der Waals surface area contributed by atoms with Crippen LogP contribution in [0.3, 0.4) is 0 Å². The van der Waals surface area contributed by atoms with E-state index in [0.29, 0.717) is 6.61 Å². The molecule has 1 unspecified atom stereocenters. The van der Waals surface area contributed by atoms with Gasteiger partial charge < -0.3 is 33.5 Å². The summed E-state index contributed by atoms with van der Waals surface area (Å²) in [4.78, 5) is 13.4. The lowest BCUT2D eigenvalue weighted by molar-refractivity contribution is -0.283. The number of methoxy groups -OCH3 is 1. The summed E-state index contributed by atoms with van der Waals surface area (Å²) in [5, 5.41) is 12.0. The Hall–Kier alpha value is -3.78. The zero-order valence-corrected chi connectivity index (χ0v) is 32.5. The molecule has 290 valence electrons. The molecule has 1 saturated heterocycles. The zero-order chi connectivity index (χ0) is 38.6. The highest BCUT2D eigenvalue weighted by molar-refractivity contribution is 7.84. The summed E-state index contributed by atoms with van der Waals surface area (Å²) in [5.74, 6) is -0.933. The zero-order valence-electron chi connectivity index (χ0n) is 31.7. The second-order valence-electron chi connectivity index (χ2n) is 14.5. The van der Waals surface area contributed by atoms with Crippen LogP contribution in [-0.4, -0.2) is 75.9 Å². The Morgan fingerprint density at radius 1 is 0.685 bits per heavy atom. The maximum atomic E-state index is 13.8. The highest BCUT2D eigenvalue weighted by Crippen LogP contribution is 2.35. The number of hydrogen-bond acceptors (Lipinski definition) is 9. The summed E-state index contributed by atoms with van der Waals surface area (Å²) >= 11 is 0. The number of nitrogens with one attached hydrogen (secondary N) is 1. The van der Waals surface area contributed by atoms with Crippen molar-refractivity contribution in [1.82, 2.24) is 4.72 Å². The number of aliphatic hydroxyl groups is 1. The first kappa shape index (κ1) is 41.4. The molecular weight excluding hydrogens is 707 g/mol. The fraction of sp³-hybridized carbons (Fsp3) is 0.419. The molecule has 0 bridgehead atoms. The third-order valence-electron chi connectivity index (χ3n) is 9.24. The third-order valence-corrected chi connectivity index (χ3v) is 10.8. The maximum Gasteiger partial charge on any atom is 0.339 e. The van der Waals surface area contributed by atoms with Crippen LogP contribution >= 0.6 is 0 Å². The van der Waals surface area contributed by atoms with Crippen LogP contribution in [0.5, 0.6) is 0 Å². The van der Waals surface area contributed by atoms with Gasteiger partial charge in [-0.15, -0.1) is 0 Å². The molecule has 10 nitrogen and oxygen atoms in total. The Kier molecular flexibility index (Phi) is 15.1. The van der Waals surface area contributed by atoms with Gasteiger partial charge in [0.25, 0.3) is 0 Å². The van der Waals surface area contributed by atoms with Crippen molar-refractivity contribution in [3.63, 3.8) is 0 Å². The average Bonchev–Trinajstić information content (AvgIpc) is 3.18. The summed E-state index contributed by atoms with van der Waals surface area (Å²) in [6.07, 6.45) is -4.47. The van der Waals surface area contributed by atoms with Crippen LogP contribution in [0.2, 0.25) is 0 Å². The van der Waals surface area contributed by atoms with Crippen molar-refractivity contribution in [2.24, 2.45) is 0 Å². The van der Waals surface area contributed by atoms with Crippen LogP contribution in [-0.2, 0) is 70.6 Å². The number of ether oxygens (including phenoxy) is 6. The van der Waals surface area contributed by atoms with E-state index in [1.807, 2.05) is 121 Å². The highest BCUT2D eigenvalue weighted by Gasteiger charge is 2.57. The van der Waals surface area contributed by atoms with Crippen molar-refractivity contribution < 1.29 is 42.5 Å². The largest absolute Gasteiger partial charge is 0.467 e. The molecule has 1 aliphatic heterocycles. The summed E-state index contributed by atoms with van der Waals surface area (Å²) in [6, 6.07) is 37.7. The van der Waals surface area contributed by atoms with Crippen LogP contribution in [0.4, 0.5) is 0 Å². The first-order valence-electron chi connectivity index (χ1n) is 18.2. The number of carbonyl (C=O) groups excluding carboxylic acids is 1. The predicted molar refractivity (Wildman–Crippen MR) is 207 cm³/mol. The molecule has 1 fully saturated rings. The Labute approximate surface area is 321 Å². The lowest BCUT2D eigenvalue weighted by atomic mass is 9.84.